The predicted molar refractivity (Wildman–Crippen MR) is 89.2 cm³/mol. The number of likely N-dealkylation sites (tertiary alicyclic amines) is 1. The quantitative estimate of drug-likeness (QED) is 0.848. The zero-order chi connectivity index (χ0) is 17.1. The molecule has 3 rings (SSSR count). The Bertz CT molecular complexity index is 712. The standard InChI is InChI=1S/C17H20ClN3O3/c1-11-14(12(2)24-20-11)8-17(22)21-7-3-4-13(10-21)23-16-5-6-19-9-15(16)18/h5-6,9,13H,3-4,7-8,10H2,1-2H3/t13-/m0/s1. The van der Waals surface area contributed by atoms with Crippen molar-refractivity contribution in [3.63, 3.8) is 0 Å². The van der Waals surface area contributed by atoms with Gasteiger partial charge in [-0.15, -0.1) is 0 Å². The van der Waals surface area contributed by atoms with Gasteiger partial charge in [-0.2, -0.15) is 0 Å². The molecule has 1 aliphatic heterocycles. The first kappa shape index (κ1) is 16.8. The van der Waals surface area contributed by atoms with Crippen LogP contribution < -0.4 is 4.74 Å². The summed E-state index contributed by atoms with van der Waals surface area (Å²) in [7, 11) is 0. The van der Waals surface area contributed by atoms with E-state index in [9.17, 15) is 4.79 Å². The summed E-state index contributed by atoms with van der Waals surface area (Å²) >= 11 is 6.09. The number of amides is 1. The van der Waals surface area contributed by atoms with Crippen molar-refractivity contribution in [1.82, 2.24) is 15.0 Å². The number of aryl methyl sites for hydroxylation is 2. The average Bonchev–Trinajstić information content (AvgIpc) is 2.89. The molecular formula is C17H20ClN3O3. The Labute approximate surface area is 145 Å². The van der Waals surface area contributed by atoms with Crippen molar-refractivity contribution >= 4 is 17.5 Å². The van der Waals surface area contributed by atoms with Gasteiger partial charge in [-0.3, -0.25) is 9.78 Å². The third kappa shape index (κ3) is 3.70. The summed E-state index contributed by atoms with van der Waals surface area (Å²) in [5.74, 6) is 1.38. The SMILES string of the molecule is Cc1noc(C)c1CC(=O)N1CCC[C@H](Oc2ccncc2Cl)C1. The van der Waals surface area contributed by atoms with Crippen LogP contribution in [0, 0.1) is 13.8 Å². The Hall–Kier alpha value is -2.08. The molecule has 1 aliphatic rings. The van der Waals surface area contributed by atoms with Crippen molar-refractivity contribution in [3.05, 3.63) is 40.5 Å². The Balaban J connectivity index is 1.63. The van der Waals surface area contributed by atoms with Crippen LogP contribution in [0.5, 0.6) is 5.75 Å². The lowest BCUT2D eigenvalue weighted by Gasteiger charge is -2.33. The number of halogens is 1. The van der Waals surface area contributed by atoms with Crippen molar-refractivity contribution in [1.29, 1.82) is 0 Å². The maximum atomic E-state index is 12.6. The maximum Gasteiger partial charge on any atom is 0.227 e. The van der Waals surface area contributed by atoms with Gasteiger partial charge in [0, 0.05) is 30.6 Å². The molecule has 24 heavy (non-hydrogen) atoms. The van der Waals surface area contributed by atoms with Gasteiger partial charge < -0.3 is 14.2 Å². The number of carbonyl (C=O) groups is 1. The van der Waals surface area contributed by atoms with Crippen LogP contribution in [-0.2, 0) is 11.2 Å². The number of hydrogen-bond acceptors (Lipinski definition) is 5. The van der Waals surface area contributed by atoms with Gasteiger partial charge in [0.25, 0.3) is 0 Å². The van der Waals surface area contributed by atoms with E-state index in [1.807, 2.05) is 18.7 Å². The molecule has 0 radical (unpaired) electrons. The van der Waals surface area contributed by atoms with E-state index >= 15 is 0 Å². The highest BCUT2D eigenvalue weighted by Gasteiger charge is 2.26. The van der Waals surface area contributed by atoms with Crippen LogP contribution in [-0.4, -0.2) is 40.1 Å². The first-order valence-corrected chi connectivity index (χ1v) is 8.38. The fourth-order valence-corrected chi connectivity index (χ4v) is 3.08. The molecule has 128 valence electrons. The minimum atomic E-state index is -0.0627. The molecule has 2 aromatic heterocycles. The smallest absolute Gasteiger partial charge is 0.227 e. The maximum absolute atomic E-state index is 12.6. The highest BCUT2D eigenvalue weighted by molar-refractivity contribution is 6.31. The highest BCUT2D eigenvalue weighted by Crippen LogP contribution is 2.26. The van der Waals surface area contributed by atoms with E-state index < -0.39 is 0 Å². The van der Waals surface area contributed by atoms with Gasteiger partial charge in [0.1, 0.15) is 22.6 Å². The molecule has 0 unspecified atom stereocenters. The summed E-state index contributed by atoms with van der Waals surface area (Å²) in [6.45, 7) is 4.98. The number of rotatable bonds is 4. The third-order valence-corrected chi connectivity index (χ3v) is 4.55. The van der Waals surface area contributed by atoms with Gasteiger partial charge in [0.05, 0.1) is 18.7 Å². The first-order chi connectivity index (χ1) is 11.5. The Morgan fingerprint density at radius 1 is 1.50 bits per heavy atom. The number of ether oxygens (including phenoxy) is 1. The van der Waals surface area contributed by atoms with Gasteiger partial charge in [0.15, 0.2) is 0 Å². The molecule has 0 saturated carbocycles. The van der Waals surface area contributed by atoms with Crippen LogP contribution in [0.25, 0.3) is 0 Å². The lowest BCUT2D eigenvalue weighted by atomic mass is 10.1. The number of nitrogens with zero attached hydrogens (tertiary/aromatic N) is 3. The Kier molecular flexibility index (Phi) is 5.04. The predicted octanol–water partition coefficient (Wildman–Crippen LogP) is 2.95. The number of hydrogen-bond donors (Lipinski definition) is 0. The van der Waals surface area contributed by atoms with Crippen LogP contribution in [0.4, 0.5) is 0 Å². The van der Waals surface area contributed by atoms with Crippen molar-refractivity contribution in [2.75, 3.05) is 13.1 Å². The largest absolute Gasteiger partial charge is 0.487 e. The number of carbonyl (C=O) groups excluding carboxylic acids is 1. The Morgan fingerprint density at radius 3 is 3.04 bits per heavy atom. The summed E-state index contributed by atoms with van der Waals surface area (Å²) < 4.78 is 11.1. The molecule has 0 bridgehead atoms. The summed E-state index contributed by atoms with van der Waals surface area (Å²) in [6, 6.07) is 1.74. The van der Waals surface area contributed by atoms with Crippen LogP contribution in [0.2, 0.25) is 5.02 Å². The van der Waals surface area contributed by atoms with Crippen LogP contribution in [0.1, 0.15) is 29.9 Å². The molecular weight excluding hydrogens is 330 g/mol. The van der Waals surface area contributed by atoms with Gasteiger partial charge in [-0.05, 0) is 26.7 Å². The molecule has 3 heterocycles. The fourth-order valence-electron chi connectivity index (χ4n) is 2.92. The van der Waals surface area contributed by atoms with Crippen LogP contribution in [0.15, 0.2) is 23.0 Å². The average molecular weight is 350 g/mol. The van der Waals surface area contributed by atoms with Gasteiger partial charge in [0.2, 0.25) is 5.91 Å². The molecule has 1 fully saturated rings. The molecule has 7 heteroatoms. The highest BCUT2D eigenvalue weighted by atomic mass is 35.5. The minimum Gasteiger partial charge on any atom is -0.487 e. The van der Waals surface area contributed by atoms with E-state index in [2.05, 4.69) is 10.1 Å². The van der Waals surface area contributed by atoms with Crippen molar-refractivity contribution < 1.29 is 14.1 Å². The second kappa shape index (κ2) is 7.21. The topological polar surface area (TPSA) is 68.5 Å². The summed E-state index contributed by atoms with van der Waals surface area (Å²) in [5, 5.41) is 4.39. The molecule has 1 atom stereocenters. The fraction of sp³-hybridized carbons (Fsp3) is 0.471. The van der Waals surface area contributed by atoms with E-state index in [-0.39, 0.29) is 12.0 Å². The lowest BCUT2D eigenvalue weighted by molar-refractivity contribution is -0.133. The number of piperidine rings is 1. The molecule has 2 aromatic rings. The van der Waals surface area contributed by atoms with Crippen molar-refractivity contribution in [3.8, 4) is 5.75 Å². The number of aromatic nitrogens is 2. The second-order valence-corrected chi connectivity index (χ2v) is 6.41. The molecule has 0 aromatic carbocycles. The Morgan fingerprint density at radius 2 is 2.33 bits per heavy atom. The van der Waals surface area contributed by atoms with Crippen LogP contribution in [0.3, 0.4) is 0 Å². The zero-order valence-electron chi connectivity index (χ0n) is 13.8. The lowest BCUT2D eigenvalue weighted by Crippen LogP contribution is -2.45. The second-order valence-electron chi connectivity index (χ2n) is 6.01. The van der Waals surface area contributed by atoms with E-state index in [1.165, 1.54) is 0 Å². The third-order valence-electron chi connectivity index (χ3n) is 4.27. The van der Waals surface area contributed by atoms with Crippen molar-refractivity contribution in [2.45, 2.75) is 39.2 Å². The number of pyridine rings is 1. The van der Waals surface area contributed by atoms with E-state index in [1.54, 1.807) is 18.5 Å². The molecule has 1 amide bonds. The van der Waals surface area contributed by atoms with E-state index in [0.29, 0.717) is 29.5 Å². The molecule has 1 saturated heterocycles. The van der Waals surface area contributed by atoms with Gasteiger partial charge >= 0.3 is 0 Å². The van der Waals surface area contributed by atoms with Gasteiger partial charge in [-0.25, -0.2) is 0 Å². The summed E-state index contributed by atoms with van der Waals surface area (Å²) in [5.41, 5.74) is 1.65. The molecule has 6 nitrogen and oxygen atoms in total. The summed E-state index contributed by atoms with van der Waals surface area (Å²) in [4.78, 5) is 18.4. The minimum absolute atomic E-state index is 0.0627. The monoisotopic (exact) mass is 349 g/mol. The van der Waals surface area contributed by atoms with Crippen molar-refractivity contribution in [2.24, 2.45) is 0 Å². The van der Waals surface area contributed by atoms with Crippen LogP contribution >= 0.6 is 11.6 Å². The summed E-state index contributed by atoms with van der Waals surface area (Å²) in [6.07, 6.45) is 5.25. The molecule has 0 aliphatic carbocycles. The molecule has 0 spiro atoms. The van der Waals surface area contributed by atoms with Gasteiger partial charge in [-0.1, -0.05) is 16.8 Å². The van der Waals surface area contributed by atoms with E-state index in [0.717, 1.165) is 30.6 Å². The van der Waals surface area contributed by atoms with E-state index in [4.69, 9.17) is 20.9 Å². The zero-order valence-corrected chi connectivity index (χ0v) is 14.5. The molecule has 0 N–H and O–H groups in total. The normalized spacial score (nSPS) is 17.8. The first-order valence-electron chi connectivity index (χ1n) is 8.00.